The molecule has 0 aliphatic heterocycles. The minimum absolute atomic E-state index is 0.0202. The molecule has 2 aromatic rings. The molecule has 2 rings (SSSR count). The van der Waals surface area contributed by atoms with E-state index in [1.807, 2.05) is 0 Å². The number of nitriles is 1. The van der Waals surface area contributed by atoms with E-state index in [1.165, 1.54) is 37.3 Å². The number of carbonyl (C=O) groups excluding carboxylic acids is 2. The Bertz CT molecular complexity index is 1080. The summed E-state index contributed by atoms with van der Waals surface area (Å²) in [5, 5.41) is 9.87. The smallest absolute Gasteiger partial charge is 0.331 e. The lowest BCUT2D eigenvalue weighted by Crippen LogP contribution is -2.29. The molecule has 1 atom stereocenters. The minimum atomic E-state index is -4.16. The molecule has 1 N–H and O–H groups in total. The van der Waals surface area contributed by atoms with Crippen LogP contribution in [-0.2, 0) is 26.1 Å². The first-order chi connectivity index (χ1) is 13.7. The van der Waals surface area contributed by atoms with Crippen LogP contribution in [-0.4, -0.2) is 26.8 Å². The van der Waals surface area contributed by atoms with Crippen molar-refractivity contribution >= 4 is 45.0 Å². The fraction of sp³-hybridized carbons (Fsp3) is 0.211. The highest BCUT2D eigenvalue weighted by Gasteiger charge is 2.32. The van der Waals surface area contributed by atoms with Crippen molar-refractivity contribution in [2.75, 3.05) is 6.61 Å². The normalized spacial score (nSPS) is 12.1. The summed E-state index contributed by atoms with van der Waals surface area (Å²) in [6, 6.07) is 11.5. The van der Waals surface area contributed by atoms with Crippen molar-refractivity contribution < 1.29 is 22.7 Å². The number of Topliss-reactive ketones (excluding diaryl/α,β-unsaturated/α-hetero) is 1. The summed E-state index contributed by atoms with van der Waals surface area (Å²) in [5.41, 5.74) is 0.187. The Kier molecular flexibility index (Phi) is 7.76. The molecule has 0 saturated heterocycles. The average Bonchev–Trinajstić information content (AvgIpc) is 2.68. The number of sulfonamides is 1. The quantitative estimate of drug-likeness (QED) is 0.371. The molecular weight excluding hydrogens is 439 g/mol. The highest BCUT2D eigenvalue weighted by atomic mass is 35.5. The standard InChI is InChI=1S/C19H16Cl2N2O5S/c1-2-28-19(25)15(10-22)18(24)14-5-3-4-6-17(14)29(26,27)23-11-12-7-8-13(20)9-16(12)21/h3-9,15,23H,2,11H2,1H3. The van der Waals surface area contributed by atoms with Gasteiger partial charge in [-0.25, -0.2) is 13.1 Å². The number of nitrogens with one attached hydrogen (secondary N) is 1. The van der Waals surface area contributed by atoms with E-state index in [4.69, 9.17) is 27.9 Å². The maximum Gasteiger partial charge on any atom is 0.331 e. The first-order valence-electron chi connectivity index (χ1n) is 8.34. The van der Waals surface area contributed by atoms with E-state index in [1.54, 1.807) is 18.2 Å². The van der Waals surface area contributed by atoms with E-state index < -0.39 is 27.7 Å². The second kappa shape index (κ2) is 9.85. The van der Waals surface area contributed by atoms with Crippen molar-refractivity contribution in [1.82, 2.24) is 4.72 Å². The van der Waals surface area contributed by atoms with Gasteiger partial charge in [-0.3, -0.25) is 9.59 Å². The highest BCUT2D eigenvalue weighted by Crippen LogP contribution is 2.23. The summed E-state index contributed by atoms with van der Waals surface area (Å²) in [5.74, 6) is -3.76. The molecule has 29 heavy (non-hydrogen) atoms. The fourth-order valence-electron chi connectivity index (χ4n) is 2.42. The van der Waals surface area contributed by atoms with Crippen molar-refractivity contribution in [3.8, 4) is 6.07 Å². The van der Waals surface area contributed by atoms with Gasteiger partial charge in [0.25, 0.3) is 0 Å². The van der Waals surface area contributed by atoms with E-state index in [-0.39, 0.29) is 28.6 Å². The van der Waals surface area contributed by atoms with Gasteiger partial charge in [-0.2, -0.15) is 5.26 Å². The highest BCUT2D eigenvalue weighted by molar-refractivity contribution is 7.89. The van der Waals surface area contributed by atoms with Gasteiger partial charge >= 0.3 is 5.97 Å². The van der Waals surface area contributed by atoms with E-state index >= 15 is 0 Å². The van der Waals surface area contributed by atoms with Crippen molar-refractivity contribution in [3.63, 3.8) is 0 Å². The van der Waals surface area contributed by atoms with Gasteiger partial charge in [0.1, 0.15) is 0 Å². The number of hydrogen-bond donors (Lipinski definition) is 1. The first-order valence-corrected chi connectivity index (χ1v) is 10.6. The molecule has 0 aliphatic rings. The molecule has 10 heteroatoms. The number of rotatable bonds is 8. The molecule has 0 bridgehead atoms. The maximum atomic E-state index is 12.8. The number of ether oxygens (including phenoxy) is 1. The summed E-state index contributed by atoms with van der Waals surface area (Å²) >= 11 is 11.9. The summed E-state index contributed by atoms with van der Waals surface area (Å²) in [6.45, 7) is 1.36. The molecule has 0 fully saturated rings. The van der Waals surface area contributed by atoms with Gasteiger partial charge in [0.2, 0.25) is 15.9 Å². The zero-order chi connectivity index (χ0) is 21.6. The number of hydrogen-bond acceptors (Lipinski definition) is 6. The Morgan fingerprint density at radius 2 is 1.90 bits per heavy atom. The van der Waals surface area contributed by atoms with Gasteiger partial charge in [-0.05, 0) is 36.8 Å². The molecule has 1 unspecified atom stereocenters. The molecule has 0 heterocycles. The predicted molar refractivity (Wildman–Crippen MR) is 107 cm³/mol. The molecule has 0 aromatic heterocycles. The topological polar surface area (TPSA) is 113 Å². The lowest BCUT2D eigenvalue weighted by Gasteiger charge is -2.13. The van der Waals surface area contributed by atoms with Gasteiger partial charge < -0.3 is 4.74 Å². The Morgan fingerprint density at radius 1 is 1.21 bits per heavy atom. The van der Waals surface area contributed by atoms with E-state index in [0.29, 0.717) is 10.6 Å². The van der Waals surface area contributed by atoms with Crippen LogP contribution in [0.25, 0.3) is 0 Å². The van der Waals surface area contributed by atoms with Crippen molar-refractivity contribution in [2.24, 2.45) is 5.92 Å². The molecule has 0 spiro atoms. The molecule has 0 amide bonds. The molecule has 2 aromatic carbocycles. The largest absolute Gasteiger partial charge is 0.465 e. The van der Waals surface area contributed by atoms with Gasteiger partial charge in [-0.1, -0.05) is 41.4 Å². The van der Waals surface area contributed by atoms with Gasteiger partial charge in [0.05, 0.1) is 17.6 Å². The van der Waals surface area contributed by atoms with Crippen molar-refractivity contribution in [3.05, 3.63) is 63.6 Å². The monoisotopic (exact) mass is 454 g/mol. The summed E-state index contributed by atoms with van der Waals surface area (Å²) < 4.78 is 32.6. The summed E-state index contributed by atoms with van der Waals surface area (Å²) in [4.78, 5) is 24.2. The van der Waals surface area contributed by atoms with Crippen LogP contribution in [0.5, 0.6) is 0 Å². The minimum Gasteiger partial charge on any atom is -0.465 e. The number of carbonyl (C=O) groups is 2. The van der Waals surface area contributed by atoms with Crippen LogP contribution in [0.3, 0.4) is 0 Å². The zero-order valence-corrected chi connectivity index (χ0v) is 17.5. The third kappa shape index (κ3) is 5.55. The van der Waals surface area contributed by atoms with Crippen LogP contribution >= 0.6 is 23.2 Å². The fourth-order valence-corrected chi connectivity index (χ4v) is 4.11. The molecular formula is C19H16Cl2N2O5S. The molecule has 7 nitrogen and oxygen atoms in total. The van der Waals surface area contributed by atoms with E-state index in [0.717, 1.165) is 0 Å². The molecule has 0 radical (unpaired) electrons. The van der Waals surface area contributed by atoms with Crippen LogP contribution in [0.4, 0.5) is 0 Å². The van der Waals surface area contributed by atoms with Crippen LogP contribution in [0.15, 0.2) is 47.4 Å². The molecule has 0 saturated carbocycles. The second-order valence-electron chi connectivity index (χ2n) is 5.73. The van der Waals surface area contributed by atoms with Gasteiger partial charge in [-0.15, -0.1) is 0 Å². The second-order valence-corrected chi connectivity index (χ2v) is 8.31. The molecule has 152 valence electrons. The van der Waals surface area contributed by atoms with E-state index in [9.17, 15) is 23.3 Å². The SMILES string of the molecule is CCOC(=O)C(C#N)C(=O)c1ccccc1S(=O)(=O)NCc1ccc(Cl)cc1Cl. The number of esters is 1. The van der Waals surface area contributed by atoms with Gasteiger partial charge in [0.15, 0.2) is 5.78 Å². The first kappa shape index (κ1) is 22.8. The number of nitrogens with zero attached hydrogens (tertiary/aromatic N) is 1. The Balaban J connectivity index is 2.33. The Hall–Kier alpha value is -2.44. The number of ketones is 1. The van der Waals surface area contributed by atoms with Crippen molar-refractivity contribution in [2.45, 2.75) is 18.4 Å². The van der Waals surface area contributed by atoms with Crippen molar-refractivity contribution in [1.29, 1.82) is 5.26 Å². The number of halogens is 2. The summed E-state index contributed by atoms with van der Waals surface area (Å²) in [7, 11) is -4.16. The van der Waals surface area contributed by atoms with Crippen LogP contribution in [0, 0.1) is 17.2 Å². The lowest BCUT2D eigenvalue weighted by molar-refractivity contribution is -0.144. The third-order valence-corrected chi connectivity index (χ3v) is 5.87. The summed E-state index contributed by atoms with van der Waals surface area (Å²) in [6.07, 6.45) is 0. The lowest BCUT2D eigenvalue weighted by atomic mass is 9.99. The predicted octanol–water partition coefficient (Wildman–Crippen LogP) is 3.36. The average molecular weight is 455 g/mol. The maximum absolute atomic E-state index is 12.8. The third-order valence-electron chi connectivity index (χ3n) is 3.82. The molecule has 0 aliphatic carbocycles. The van der Waals surface area contributed by atoms with Crippen LogP contribution < -0.4 is 4.72 Å². The van der Waals surface area contributed by atoms with Gasteiger partial charge in [0, 0.05) is 22.2 Å². The van der Waals surface area contributed by atoms with Crippen LogP contribution in [0.2, 0.25) is 10.0 Å². The number of benzene rings is 2. The van der Waals surface area contributed by atoms with Crippen LogP contribution in [0.1, 0.15) is 22.8 Å². The zero-order valence-electron chi connectivity index (χ0n) is 15.2. The Labute approximate surface area is 178 Å². The Morgan fingerprint density at radius 3 is 2.52 bits per heavy atom. The van der Waals surface area contributed by atoms with E-state index in [2.05, 4.69) is 4.72 Å².